The van der Waals surface area contributed by atoms with E-state index in [1.54, 1.807) is 6.07 Å². The van der Waals surface area contributed by atoms with E-state index in [0.29, 0.717) is 12.4 Å². The molecule has 0 aliphatic heterocycles. The minimum absolute atomic E-state index is 0.412. The Kier molecular flexibility index (Phi) is 3.54. The molecular formula is C12H11BrN2O. The molecule has 4 heteroatoms. The van der Waals surface area contributed by atoms with Gasteiger partial charge >= 0.3 is 0 Å². The van der Waals surface area contributed by atoms with E-state index in [1.807, 2.05) is 36.4 Å². The average Bonchev–Trinajstić information content (AvgIpc) is 2.29. The highest BCUT2D eigenvalue weighted by Crippen LogP contribution is 2.22. The Morgan fingerprint density at radius 3 is 2.75 bits per heavy atom. The van der Waals surface area contributed by atoms with Crippen molar-refractivity contribution in [2.75, 3.05) is 0 Å². The van der Waals surface area contributed by atoms with E-state index in [-0.39, 0.29) is 0 Å². The average molecular weight is 279 g/mol. The van der Waals surface area contributed by atoms with E-state index >= 15 is 0 Å². The number of pyridine rings is 1. The van der Waals surface area contributed by atoms with Crippen LogP contribution >= 0.6 is 15.9 Å². The molecule has 2 N–H and O–H groups in total. The number of rotatable bonds is 3. The van der Waals surface area contributed by atoms with Crippen molar-refractivity contribution in [3.8, 4) is 11.6 Å². The SMILES string of the molecule is NCc1cccc(Oc2cccc(Br)c2)n1. The van der Waals surface area contributed by atoms with Gasteiger partial charge in [0.2, 0.25) is 5.88 Å². The van der Waals surface area contributed by atoms with Crippen molar-refractivity contribution in [3.05, 3.63) is 52.6 Å². The highest BCUT2D eigenvalue weighted by Gasteiger charge is 2.00. The Hall–Kier alpha value is -1.39. The number of halogens is 1. The molecule has 0 saturated heterocycles. The minimum Gasteiger partial charge on any atom is -0.439 e. The van der Waals surface area contributed by atoms with E-state index in [1.165, 1.54) is 0 Å². The maximum atomic E-state index is 5.60. The third-order valence-corrected chi connectivity index (χ3v) is 2.50. The fourth-order valence-electron chi connectivity index (χ4n) is 1.28. The fourth-order valence-corrected chi connectivity index (χ4v) is 1.66. The molecule has 82 valence electrons. The summed E-state index contributed by atoms with van der Waals surface area (Å²) < 4.78 is 6.58. The molecule has 0 radical (unpaired) electrons. The van der Waals surface area contributed by atoms with Gasteiger partial charge in [-0.25, -0.2) is 4.98 Å². The van der Waals surface area contributed by atoms with Crippen LogP contribution in [0.4, 0.5) is 0 Å². The van der Waals surface area contributed by atoms with Crippen LogP contribution in [0.25, 0.3) is 0 Å². The number of aromatic nitrogens is 1. The molecule has 1 aromatic heterocycles. The summed E-state index contributed by atoms with van der Waals surface area (Å²) in [6, 6.07) is 13.2. The largest absolute Gasteiger partial charge is 0.439 e. The lowest BCUT2D eigenvalue weighted by Crippen LogP contribution is -2.00. The molecule has 0 atom stereocenters. The number of nitrogens with two attached hydrogens (primary N) is 1. The van der Waals surface area contributed by atoms with Crippen LogP contribution in [-0.4, -0.2) is 4.98 Å². The summed E-state index contributed by atoms with van der Waals surface area (Å²) in [6.45, 7) is 0.412. The maximum Gasteiger partial charge on any atom is 0.219 e. The van der Waals surface area contributed by atoms with Gasteiger partial charge in [-0.1, -0.05) is 28.1 Å². The van der Waals surface area contributed by atoms with Gasteiger partial charge in [-0.3, -0.25) is 0 Å². The van der Waals surface area contributed by atoms with Gasteiger partial charge in [0.15, 0.2) is 0 Å². The van der Waals surface area contributed by atoms with E-state index in [4.69, 9.17) is 10.5 Å². The molecule has 0 aliphatic rings. The van der Waals surface area contributed by atoms with Crippen LogP contribution in [0.2, 0.25) is 0 Å². The normalized spacial score (nSPS) is 10.1. The van der Waals surface area contributed by atoms with Gasteiger partial charge in [0, 0.05) is 17.1 Å². The molecule has 2 rings (SSSR count). The summed E-state index contributed by atoms with van der Waals surface area (Å²) >= 11 is 3.38. The predicted molar refractivity (Wildman–Crippen MR) is 66.3 cm³/mol. The molecular weight excluding hydrogens is 268 g/mol. The van der Waals surface area contributed by atoms with Crippen molar-refractivity contribution < 1.29 is 4.74 Å². The van der Waals surface area contributed by atoms with Gasteiger partial charge in [-0.2, -0.15) is 0 Å². The van der Waals surface area contributed by atoms with Crippen LogP contribution in [0.1, 0.15) is 5.69 Å². The first-order valence-corrected chi connectivity index (χ1v) is 5.66. The molecule has 0 fully saturated rings. The van der Waals surface area contributed by atoms with Gasteiger partial charge in [0.1, 0.15) is 5.75 Å². The zero-order valence-corrected chi connectivity index (χ0v) is 10.1. The van der Waals surface area contributed by atoms with E-state index in [0.717, 1.165) is 15.9 Å². The highest BCUT2D eigenvalue weighted by atomic mass is 79.9. The van der Waals surface area contributed by atoms with Crippen molar-refractivity contribution in [1.29, 1.82) is 0 Å². The van der Waals surface area contributed by atoms with E-state index in [9.17, 15) is 0 Å². The summed E-state index contributed by atoms with van der Waals surface area (Å²) in [5, 5.41) is 0. The second-order valence-electron chi connectivity index (χ2n) is 3.23. The molecule has 3 nitrogen and oxygen atoms in total. The molecule has 0 unspecified atom stereocenters. The second kappa shape index (κ2) is 5.09. The van der Waals surface area contributed by atoms with Gasteiger partial charge in [-0.15, -0.1) is 0 Å². The molecule has 2 aromatic rings. The first-order chi connectivity index (χ1) is 7.78. The smallest absolute Gasteiger partial charge is 0.219 e. The van der Waals surface area contributed by atoms with Crippen LogP contribution < -0.4 is 10.5 Å². The number of hydrogen-bond donors (Lipinski definition) is 1. The monoisotopic (exact) mass is 278 g/mol. The number of nitrogens with zero attached hydrogens (tertiary/aromatic N) is 1. The Bertz CT molecular complexity index is 488. The molecule has 0 amide bonds. The third-order valence-electron chi connectivity index (χ3n) is 2.01. The molecule has 1 heterocycles. The first kappa shape index (κ1) is 11.1. The highest BCUT2D eigenvalue weighted by molar-refractivity contribution is 9.10. The second-order valence-corrected chi connectivity index (χ2v) is 4.15. The topological polar surface area (TPSA) is 48.1 Å². The van der Waals surface area contributed by atoms with Crippen LogP contribution in [0.15, 0.2) is 46.9 Å². The minimum atomic E-state index is 0.412. The van der Waals surface area contributed by atoms with Crippen molar-refractivity contribution in [2.45, 2.75) is 6.54 Å². The molecule has 0 spiro atoms. The Morgan fingerprint density at radius 2 is 2.00 bits per heavy atom. The fraction of sp³-hybridized carbons (Fsp3) is 0.0833. The van der Waals surface area contributed by atoms with Crippen LogP contribution in [-0.2, 0) is 6.54 Å². The van der Waals surface area contributed by atoms with E-state index < -0.39 is 0 Å². The summed E-state index contributed by atoms with van der Waals surface area (Å²) in [5.41, 5.74) is 6.32. The zero-order valence-electron chi connectivity index (χ0n) is 8.56. The number of ether oxygens (including phenoxy) is 1. The van der Waals surface area contributed by atoms with Crippen molar-refractivity contribution in [1.82, 2.24) is 4.98 Å². The van der Waals surface area contributed by atoms with Crippen LogP contribution in [0.5, 0.6) is 11.6 Å². The molecule has 16 heavy (non-hydrogen) atoms. The lowest BCUT2D eigenvalue weighted by atomic mass is 10.3. The molecule has 0 aliphatic carbocycles. The first-order valence-electron chi connectivity index (χ1n) is 4.87. The quantitative estimate of drug-likeness (QED) is 0.939. The van der Waals surface area contributed by atoms with Gasteiger partial charge < -0.3 is 10.5 Å². The molecule has 0 saturated carbocycles. The van der Waals surface area contributed by atoms with Crippen LogP contribution in [0, 0.1) is 0 Å². The summed E-state index contributed by atoms with van der Waals surface area (Å²) in [4.78, 5) is 4.25. The Balaban J connectivity index is 2.20. The zero-order chi connectivity index (χ0) is 11.4. The van der Waals surface area contributed by atoms with E-state index in [2.05, 4.69) is 20.9 Å². The summed E-state index contributed by atoms with van der Waals surface area (Å²) in [5.74, 6) is 1.30. The van der Waals surface area contributed by atoms with Gasteiger partial charge in [0.25, 0.3) is 0 Å². The Morgan fingerprint density at radius 1 is 1.19 bits per heavy atom. The molecule has 0 bridgehead atoms. The van der Waals surface area contributed by atoms with Crippen molar-refractivity contribution in [2.24, 2.45) is 5.73 Å². The number of benzene rings is 1. The summed E-state index contributed by atoms with van der Waals surface area (Å²) in [6.07, 6.45) is 0. The van der Waals surface area contributed by atoms with Crippen molar-refractivity contribution in [3.63, 3.8) is 0 Å². The summed E-state index contributed by atoms with van der Waals surface area (Å²) in [7, 11) is 0. The lowest BCUT2D eigenvalue weighted by molar-refractivity contribution is 0.460. The van der Waals surface area contributed by atoms with Crippen LogP contribution in [0.3, 0.4) is 0 Å². The number of hydrogen-bond acceptors (Lipinski definition) is 3. The standard InChI is InChI=1S/C12H11BrN2O/c13-9-3-1-5-11(7-9)16-12-6-2-4-10(8-14)15-12/h1-7H,8,14H2. The molecule has 1 aromatic carbocycles. The third kappa shape index (κ3) is 2.81. The van der Waals surface area contributed by atoms with Gasteiger partial charge in [-0.05, 0) is 24.3 Å². The van der Waals surface area contributed by atoms with Crippen molar-refractivity contribution >= 4 is 15.9 Å². The predicted octanol–water partition coefficient (Wildman–Crippen LogP) is 3.10. The maximum absolute atomic E-state index is 5.60. The Labute approximate surface area is 102 Å². The van der Waals surface area contributed by atoms with Gasteiger partial charge in [0.05, 0.1) is 5.69 Å². The lowest BCUT2D eigenvalue weighted by Gasteiger charge is -2.05.